The quantitative estimate of drug-likeness (QED) is 0.574. The molecule has 2 heterocycles. The van der Waals surface area contributed by atoms with Gasteiger partial charge in [-0.1, -0.05) is 13.8 Å². The van der Waals surface area contributed by atoms with Crippen molar-refractivity contribution in [1.82, 2.24) is 9.21 Å². The molecule has 1 fully saturated rings. The smallest absolute Gasteiger partial charge is 0.289 e. The Hall–Kier alpha value is -2.85. The van der Waals surface area contributed by atoms with E-state index in [0.29, 0.717) is 50.5 Å². The minimum atomic E-state index is -3.69. The number of likely N-dealkylation sites (tertiary alicyclic amines) is 1. The fourth-order valence-corrected chi connectivity index (χ4v) is 5.46. The van der Waals surface area contributed by atoms with Crippen LogP contribution < -0.4 is 10.1 Å². The summed E-state index contributed by atoms with van der Waals surface area (Å²) in [6, 6.07) is 7.82. The van der Waals surface area contributed by atoms with Crippen molar-refractivity contribution < 1.29 is 27.2 Å². The first kappa shape index (κ1) is 25.8. The summed E-state index contributed by atoms with van der Waals surface area (Å²) < 4.78 is 38.3. The lowest BCUT2D eigenvalue weighted by atomic mass is 9.95. The Morgan fingerprint density at radius 1 is 1.18 bits per heavy atom. The van der Waals surface area contributed by atoms with Crippen molar-refractivity contribution in [2.75, 3.05) is 31.5 Å². The molecule has 1 aliphatic heterocycles. The fourth-order valence-electron chi connectivity index (χ4n) is 3.97. The van der Waals surface area contributed by atoms with Crippen LogP contribution in [0.1, 0.15) is 51.1 Å². The Kier molecular flexibility index (Phi) is 8.37. The summed E-state index contributed by atoms with van der Waals surface area (Å²) in [5.41, 5.74) is 0.320. The monoisotopic (exact) mass is 491 g/mol. The lowest BCUT2D eigenvalue weighted by Gasteiger charge is -2.31. The minimum absolute atomic E-state index is 0.0986. The van der Waals surface area contributed by atoms with E-state index in [9.17, 15) is 18.0 Å². The molecule has 10 heteroatoms. The predicted octanol–water partition coefficient (Wildman–Crippen LogP) is 3.59. The van der Waals surface area contributed by atoms with Crippen molar-refractivity contribution in [2.24, 2.45) is 5.92 Å². The van der Waals surface area contributed by atoms with Gasteiger partial charge in [-0.05, 0) is 57.0 Å². The number of nitrogens with zero attached hydrogens (tertiary/aromatic N) is 2. The Labute approximate surface area is 201 Å². The van der Waals surface area contributed by atoms with Gasteiger partial charge in [0.2, 0.25) is 15.9 Å². The predicted molar refractivity (Wildman–Crippen MR) is 128 cm³/mol. The summed E-state index contributed by atoms with van der Waals surface area (Å²) in [4.78, 5) is 27.3. The van der Waals surface area contributed by atoms with E-state index in [1.807, 2.05) is 13.8 Å². The summed E-state index contributed by atoms with van der Waals surface area (Å²) in [5, 5.41) is 2.88. The van der Waals surface area contributed by atoms with Crippen molar-refractivity contribution in [3.8, 4) is 5.75 Å². The number of amides is 2. The second-order valence-electron chi connectivity index (χ2n) is 8.45. The van der Waals surface area contributed by atoms with Gasteiger partial charge < -0.3 is 19.4 Å². The van der Waals surface area contributed by atoms with Crippen molar-refractivity contribution in [1.29, 1.82) is 0 Å². The molecule has 2 aromatic rings. The maximum atomic E-state index is 13.1. The highest BCUT2D eigenvalue weighted by molar-refractivity contribution is 7.89. The van der Waals surface area contributed by atoms with E-state index in [0.717, 1.165) is 0 Å². The average molecular weight is 492 g/mol. The number of piperidine rings is 1. The number of hydrogen-bond acceptors (Lipinski definition) is 6. The summed E-state index contributed by atoms with van der Waals surface area (Å²) in [6.45, 7) is 8.84. The second-order valence-corrected chi connectivity index (χ2v) is 10.4. The number of rotatable bonds is 9. The molecule has 1 saturated heterocycles. The van der Waals surface area contributed by atoms with E-state index < -0.39 is 10.0 Å². The average Bonchev–Trinajstić information content (AvgIpc) is 3.35. The van der Waals surface area contributed by atoms with Gasteiger partial charge in [0.1, 0.15) is 5.75 Å². The van der Waals surface area contributed by atoms with Gasteiger partial charge in [0, 0.05) is 32.1 Å². The number of sulfonamides is 1. The van der Waals surface area contributed by atoms with Gasteiger partial charge >= 0.3 is 0 Å². The fraction of sp³-hybridized carbons (Fsp3) is 0.500. The molecule has 0 saturated carbocycles. The van der Waals surface area contributed by atoms with E-state index in [4.69, 9.17) is 9.15 Å². The molecule has 0 radical (unpaired) electrons. The summed E-state index contributed by atoms with van der Waals surface area (Å²) in [5.74, 6) is -0.0330. The molecule has 186 valence electrons. The molecule has 1 aromatic heterocycles. The highest BCUT2D eigenvalue weighted by Crippen LogP contribution is 2.31. The summed E-state index contributed by atoms with van der Waals surface area (Å²) in [7, 11) is -3.69. The molecule has 1 N–H and O–H groups in total. The first-order valence-corrected chi connectivity index (χ1v) is 13.1. The molecule has 34 heavy (non-hydrogen) atoms. The van der Waals surface area contributed by atoms with Crippen LogP contribution in [0.4, 0.5) is 5.69 Å². The third-order valence-electron chi connectivity index (χ3n) is 5.80. The molecule has 0 spiro atoms. The Balaban J connectivity index is 1.75. The van der Waals surface area contributed by atoms with Gasteiger partial charge in [0.25, 0.3) is 5.91 Å². The first-order valence-electron chi connectivity index (χ1n) is 11.6. The van der Waals surface area contributed by atoms with Crippen LogP contribution in [0.3, 0.4) is 0 Å². The highest BCUT2D eigenvalue weighted by atomic mass is 32.2. The maximum Gasteiger partial charge on any atom is 0.289 e. The molecule has 0 unspecified atom stereocenters. The number of benzene rings is 1. The number of anilines is 1. The SMILES string of the molecule is CCN(CC)S(=O)(=O)c1ccc(OC(C)C)c(NC(=O)C2CCN(C(=O)c3ccco3)CC2)c1. The zero-order valence-electron chi connectivity index (χ0n) is 20.1. The molecular formula is C24H33N3O6S. The van der Waals surface area contributed by atoms with Crippen LogP contribution in [-0.2, 0) is 14.8 Å². The van der Waals surface area contributed by atoms with Crippen molar-refractivity contribution >= 4 is 27.5 Å². The maximum absolute atomic E-state index is 13.1. The Morgan fingerprint density at radius 2 is 1.85 bits per heavy atom. The van der Waals surface area contributed by atoms with E-state index in [2.05, 4.69) is 5.32 Å². The lowest BCUT2D eigenvalue weighted by molar-refractivity contribution is -0.121. The van der Waals surface area contributed by atoms with Crippen molar-refractivity contribution in [3.05, 3.63) is 42.4 Å². The van der Waals surface area contributed by atoms with Crippen LogP contribution in [0, 0.1) is 5.92 Å². The zero-order chi connectivity index (χ0) is 24.9. The van der Waals surface area contributed by atoms with Gasteiger partial charge in [-0.15, -0.1) is 0 Å². The summed E-state index contributed by atoms with van der Waals surface area (Å²) in [6.07, 6.45) is 2.29. The number of hydrogen-bond donors (Lipinski definition) is 1. The van der Waals surface area contributed by atoms with Crippen LogP contribution in [-0.4, -0.2) is 61.7 Å². The molecule has 0 aliphatic carbocycles. The first-order chi connectivity index (χ1) is 16.2. The standard InChI is InChI=1S/C24H33N3O6S/c1-5-27(6-2)34(30,31)19-9-10-21(33-17(3)4)20(16-19)25-23(28)18-11-13-26(14-12-18)24(29)22-8-7-15-32-22/h7-10,15-18H,5-6,11-14H2,1-4H3,(H,25,28). The van der Waals surface area contributed by atoms with E-state index in [1.165, 1.54) is 22.7 Å². The molecule has 2 amide bonds. The number of ether oxygens (including phenoxy) is 1. The van der Waals surface area contributed by atoms with E-state index in [-0.39, 0.29) is 34.5 Å². The van der Waals surface area contributed by atoms with E-state index in [1.54, 1.807) is 36.9 Å². The topological polar surface area (TPSA) is 109 Å². The van der Waals surface area contributed by atoms with Gasteiger partial charge in [0.05, 0.1) is 22.9 Å². The molecule has 1 aliphatic rings. The minimum Gasteiger partial charge on any atom is -0.489 e. The summed E-state index contributed by atoms with van der Waals surface area (Å²) >= 11 is 0. The molecule has 9 nitrogen and oxygen atoms in total. The molecule has 0 atom stereocenters. The molecule has 0 bridgehead atoms. The number of nitrogens with one attached hydrogen (secondary N) is 1. The van der Waals surface area contributed by atoms with Gasteiger partial charge in [0.15, 0.2) is 5.76 Å². The highest BCUT2D eigenvalue weighted by Gasteiger charge is 2.30. The van der Waals surface area contributed by atoms with Crippen molar-refractivity contribution in [2.45, 2.75) is 51.5 Å². The lowest BCUT2D eigenvalue weighted by Crippen LogP contribution is -2.41. The zero-order valence-corrected chi connectivity index (χ0v) is 20.9. The van der Waals surface area contributed by atoms with Gasteiger partial charge in [-0.2, -0.15) is 4.31 Å². The Morgan fingerprint density at radius 3 is 2.41 bits per heavy atom. The third kappa shape index (κ3) is 5.79. The van der Waals surface area contributed by atoms with Gasteiger partial charge in [-0.25, -0.2) is 8.42 Å². The molecule has 1 aromatic carbocycles. The van der Waals surface area contributed by atoms with Crippen LogP contribution >= 0.6 is 0 Å². The number of carbonyl (C=O) groups is 2. The third-order valence-corrected chi connectivity index (χ3v) is 7.85. The normalized spacial score (nSPS) is 15.1. The van der Waals surface area contributed by atoms with Gasteiger partial charge in [-0.3, -0.25) is 9.59 Å². The second kappa shape index (κ2) is 11.1. The molecular weight excluding hydrogens is 458 g/mol. The number of furan rings is 1. The van der Waals surface area contributed by atoms with Crippen LogP contribution in [0.15, 0.2) is 45.9 Å². The van der Waals surface area contributed by atoms with Crippen LogP contribution in [0.2, 0.25) is 0 Å². The van der Waals surface area contributed by atoms with Crippen LogP contribution in [0.5, 0.6) is 5.75 Å². The van der Waals surface area contributed by atoms with Crippen molar-refractivity contribution in [3.63, 3.8) is 0 Å². The largest absolute Gasteiger partial charge is 0.489 e. The molecule has 3 rings (SSSR count). The van der Waals surface area contributed by atoms with E-state index >= 15 is 0 Å². The number of carbonyl (C=O) groups excluding carboxylic acids is 2. The Bertz CT molecular complexity index is 1090. The van der Waals surface area contributed by atoms with Crippen LogP contribution in [0.25, 0.3) is 0 Å².